The molecule has 1 aromatic rings. The van der Waals surface area contributed by atoms with Crippen LogP contribution in [-0.2, 0) is 11.2 Å². The number of hydrogen-bond donors (Lipinski definition) is 3. The van der Waals surface area contributed by atoms with Crippen molar-refractivity contribution in [3.05, 3.63) is 15.6 Å². The molecule has 132 valence electrons. The standard InChI is InChI=1S/C15H27N5OS.HI/c1-10(2)14(21)17-8-9-19-15(16-5)18-7-6-13-20-11(3)12(4)22-13;/h10H,6-9H2,1-5H3,(H,17,21)(H2,16,18,19);1H. The third-order valence-corrected chi connectivity index (χ3v) is 4.30. The van der Waals surface area contributed by atoms with Crippen LogP contribution in [0.3, 0.4) is 0 Å². The zero-order valence-corrected chi connectivity index (χ0v) is 17.7. The fourth-order valence-electron chi connectivity index (χ4n) is 1.73. The van der Waals surface area contributed by atoms with Gasteiger partial charge in [-0.25, -0.2) is 4.98 Å². The summed E-state index contributed by atoms with van der Waals surface area (Å²) in [4.78, 5) is 21.4. The predicted molar refractivity (Wildman–Crippen MR) is 108 cm³/mol. The second-order valence-electron chi connectivity index (χ2n) is 5.37. The first-order valence-electron chi connectivity index (χ1n) is 7.59. The van der Waals surface area contributed by atoms with Crippen molar-refractivity contribution in [2.45, 2.75) is 34.1 Å². The Morgan fingerprint density at radius 1 is 1.17 bits per heavy atom. The maximum atomic E-state index is 11.4. The number of aromatic nitrogens is 1. The van der Waals surface area contributed by atoms with Gasteiger partial charge >= 0.3 is 0 Å². The molecule has 1 heterocycles. The van der Waals surface area contributed by atoms with Crippen LogP contribution in [0.5, 0.6) is 0 Å². The van der Waals surface area contributed by atoms with Crippen molar-refractivity contribution >= 4 is 47.2 Å². The molecule has 0 aliphatic carbocycles. The van der Waals surface area contributed by atoms with Crippen LogP contribution < -0.4 is 16.0 Å². The van der Waals surface area contributed by atoms with Gasteiger partial charge in [0.15, 0.2) is 5.96 Å². The van der Waals surface area contributed by atoms with Crippen LogP contribution in [-0.4, -0.2) is 43.5 Å². The lowest BCUT2D eigenvalue weighted by Crippen LogP contribution is -2.42. The zero-order chi connectivity index (χ0) is 16.5. The predicted octanol–water partition coefficient (Wildman–Crippen LogP) is 1.86. The Morgan fingerprint density at radius 3 is 2.30 bits per heavy atom. The van der Waals surface area contributed by atoms with Gasteiger partial charge in [0.25, 0.3) is 0 Å². The third-order valence-electron chi connectivity index (χ3n) is 3.17. The summed E-state index contributed by atoms with van der Waals surface area (Å²) in [6, 6.07) is 0. The van der Waals surface area contributed by atoms with E-state index < -0.39 is 0 Å². The molecule has 0 unspecified atom stereocenters. The molecule has 1 aromatic heterocycles. The molecule has 0 bridgehead atoms. The number of nitrogens with one attached hydrogen (secondary N) is 3. The number of hydrogen-bond acceptors (Lipinski definition) is 4. The lowest BCUT2D eigenvalue weighted by molar-refractivity contribution is -0.123. The summed E-state index contributed by atoms with van der Waals surface area (Å²) in [5.41, 5.74) is 1.11. The highest BCUT2D eigenvalue weighted by Gasteiger charge is 2.06. The number of halogens is 1. The molecule has 8 heteroatoms. The van der Waals surface area contributed by atoms with Gasteiger partial charge in [-0.2, -0.15) is 0 Å². The van der Waals surface area contributed by atoms with E-state index in [0.717, 1.165) is 29.6 Å². The Bertz CT molecular complexity index is 496. The normalized spacial score (nSPS) is 11.1. The summed E-state index contributed by atoms with van der Waals surface area (Å²) < 4.78 is 0. The van der Waals surface area contributed by atoms with E-state index in [1.165, 1.54) is 4.88 Å². The number of thiazole rings is 1. The van der Waals surface area contributed by atoms with Crippen molar-refractivity contribution in [2.75, 3.05) is 26.7 Å². The Morgan fingerprint density at radius 2 is 1.78 bits per heavy atom. The first kappa shape index (κ1) is 22.1. The summed E-state index contributed by atoms with van der Waals surface area (Å²) in [7, 11) is 1.74. The molecule has 0 saturated heterocycles. The van der Waals surface area contributed by atoms with Crippen LogP contribution in [0.15, 0.2) is 4.99 Å². The van der Waals surface area contributed by atoms with Gasteiger partial charge in [0.1, 0.15) is 0 Å². The number of rotatable bonds is 7. The van der Waals surface area contributed by atoms with E-state index in [9.17, 15) is 4.79 Å². The highest BCUT2D eigenvalue weighted by atomic mass is 127. The first-order valence-corrected chi connectivity index (χ1v) is 8.40. The molecule has 0 atom stereocenters. The maximum Gasteiger partial charge on any atom is 0.222 e. The van der Waals surface area contributed by atoms with Crippen molar-refractivity contribution in [1.82, 2.24) is 20.9 Å². The van der Waals surface area contributed by atoms with Gasteiger partial charge in [-0.3, -0.25) is 9.79 Å². The highest BCUT2D eigenvalue weighted by Crippen LogP contribution is 2.16. The molecule has 0 saturated carbocycles. The second-order valence-corrected chi connectivity index (χ2v) is 6.66. The van der Waals surface area contributed by atoms with Crippen LogP contribution >= 0.6 is 35.3 Å². The van der Waals surface area contributed by atoms with Gasteiger partial charge in [-0.1, -0.05) is 13.8 Å². The molecule has 1 amide bonds. The molecular weight excluding hydrogens is 425 g/mol. The average Bonchev–Trinajstić information content (AvgIpc) is 2.79. The van der Waals surface area contributed by atoms with Gasteiger partial charge in [-0.15, -0.1) is 35.3 Å². The van der Waals surface area contributed by atoms with E-state index in [2.05, 4.69) is 32.9 Å². The molecule has 0 aromatic carbocycles. The zero-order valence-electron chi connectivity index (χ0n) is 14.5. The SMILES string of the molecule is CN=C(NCCNC(=O)C(C)C)NCCc1nc(C)c(C)s1.I. The van der Waals surface area contributed by atoms with Gasteiger partial charge in [-0.05, 0) is 13.8 Å². The van der Waals surface area contributed by atoms with Crippen LogP contribution in [0, 0.1) is 19.8 Å². The summed E-state index contributed by atoms with van der Waals surface area (Å²) in [6.07, 6.45) is 0.879. The number of carbonyl (C=O) groups is 1. The van der Waals surface area contributed by atoms with E-state index in [-0.39, 0.29) is 35.8 Å². The molecule has 0 spiro atoms. The molecule has 0 fully saturated rings. The monoisotopic (exact) mass is 453 g/mol. The van der Waals surface area contributed by atoms with Crippen molar-refractivity contribution < 1.29 is 4.79 Å². The minimum absolute atomic E-state index is 0. The molecule has 1 rings (SSSR count). The fourth-order valence-corrected chi connectivity index (χ4v) is 2.66. The van der Waals surface area contributed by atoms with E-state index in [1.807, 2.05) is 20.8 Å². The van der Waals surface area contributed by atoms with Crippen LogP contribution in [0.1, 0.15) is 29.4 Å². The van der Waals surface area contributed by atoms with Crippen LogP contribution in [0.4, 0.5) is 0 Å². The first-order chi connectivity index (χ1) is 10.4. The number of carbonyl (C=O) groups excluding carboxylic acids is 1. The quantitative estimate of drug-likeness (QED) is 0.255. The Kier molecular flexibility index (Phi) is 11.2. The molecule has 0 aliphatic heterocycles. The molecule has 0 aliphatic rings. The molecular formula is C15H28IN5OS. The van der Waals surface area contributed by atoms with Gasteiger partial charge < -0.3 is 16.0 Å². The molecule has 23 heavy (non-hydrogen) atoms. The van der Waals surface area contributed by atoms with E-state index in [0.29, 0.717) is 13.1 Å². The molecule has 3 N–H and O–H groups in total. The lowest BCUT2D eigenvalue weighted by Gasteiger charge is -2.12. The number of aliphatic imine (C=N–C) groups is 1. The van der Waals surface area contributed by atoms with Crippen molar-refractivity contribution in [3.8, 4) is 0 Å². The molecule has 0 radical (unpaired) electrons. The summed E-state index contributed by atoms with van der Waals surface area (Å²) in [5.74, 6) is 0.825. The van der Waals surface area contributed by atoms with Crippen LogP contribution in [0.25, 0.3) is 0 Å². The van der Waals surface area contributed by atoms with Gasteiger partial charge in [0, 0.05) is 43.9 Å². The summed E-state index contributed by atoms with van der Waals surface area (Å²) >= 11 is 1.74. The smallest absolute Gasteiger partial charge is 0.222 e. The maximum absolute atomic E-state index is 11.4. The Labute approximate surface area is 160 Å². The average molecular weight is 453 g/mol. The number of aryl methyl sites for hydroxylation is 2. The number of nitrogens with zero attached hydrogens (tertiary/aromatic N) is 2. The largest absolute Gasteiger partial charge is 0.356 e. The van der Waals surface area contributed by atoms with Crippen molar-refractivity contribution in [3.63, 3.8) is 0 Å². The second kappa shape index (κ2) is 11.6. The van der Waals surface area contributed by atoms with Crippen molar-refractivity contribution in [1.29, 1.82) is 0 Å². The summed E-state index contributed by atoms with van der Waals surface area (Å²) in [5, 5.41) is 10.4. The van der Waals surface area contributed by atoms with Gasteiger partial charge in [0.05, 0.1) is 10.7 Å². The van der Waals surface area contributed by atoms with E-state index >= 15 is 0 Å². The summed E-state index contributed by atoms with van der Waals surface area (Å²) in [6.45, 7) is 9.90. The van der Waals surface area contributed by atoms with E-state index in [4.69, 9.17) is 0 Å². The topological polar surface area (TPSA) is 78.4 Å². The fraction of sp³-hybridized carbons (Fsp3) is 0.667. The van der Waals surface area contributed by atoms with Gasteiger partial charge in [0.2, 0.25) is 5.91 Å². The lowest BCUT2D eigenvalue weighted by atomic mass is 10.2. The van der Waals surface area contributed by atoms with E-state index in [1.54, 1.807) is 18.4 Å². The number of guanidine groups is 1. The highest BCUT2D eigenvalue weighted by molar-refractivity contribution is 14.0. The van der Waals surface area contributed by atoms with Crippen molar-refractivity contribution in [2.24, 2.45) is 10.9 Å². The molecule has 6 nitrogen and oxygen atoms in total. The Balaban J connectivity index is 0.00000484. The minimum Gasteiger partial charge on any atom is -0.356 e. The third kappa shape index (κ3) is 8.50. The number of amides is 1. The van der Waals surface area contributed by atoms with Crippen LogP contribution in [0.2, 0.25) is 0 Å². The Hall–Kier alpha value is -0.900. The minimum atomic E-state index is 0.